The molecule has 35 heavy (non-hydrogen) atoms. The monoisotopic (exact) mass is 561 g/mol. The van der Waals surface area contributed by atoms with Gasteiger partial charge in [-0.25, -0.2) is 17.9 Å². The quantitative estimate of drug-likeness (QED) is 0.324. The molecule has 4 aromatic rings. The van der Waals surface area contributed by atoms with E-state index in [9.17, 15) is 31.2 Å². The van der Waals surface area contributed by atoms with Crippen LogP contribution in [0.15, 0.2) is 69.8 Å². The molecule has 0 bridgehead atoms. The molecule has 0 aliphatic rings. The number of aromatic nitrogens is 1. The highest BCUT2D eigenvalue weighted by molar-refractivity contribution is 7.92. The number of carbonyl (C=O) groups excluding carboxylic acids is 1. The Kier molecular flexibility index (Phi) is 6.58. The third-order valence-corrected chi connectivity index (χ3v) is 8.10. The molecule has 7 nitrogen and oxygen atoms in total. The molecule has 2 amide bonds. The van der Waals surface area contributed by atoms with Gasteiger partial charge in [0, 0.05) is 17.3 Å². The summed E-state index contributed by atoms with van der Waals surface area (Å²) >= 11 is 12.8. The highest BCUT2D eigenvalue weighted by Gasteiger charge is 2.30. The number of hydrogen-bond acceptors (Lipinski definition) is 5. The molecule has 0 atom stereocenters. The highest BCUT2D eigenvalue weighted by Crippen LogP contribution is 2.31. The first-order valence-corrected chi connectivity index (χ1v) is 12.5. The van der Waals surface area contributed by atoms with Crippen molar-refractivity contribution in [1.29, 1.82) is 0 Å². The zero-order valence-electron chi connectivity index (χ0n) is 17.1. The summed E-state index contributed by atoms with van der Waals surface area (Å²) in [6.07, 6.45) is -3.26. The van der Waals surface area contributed by atoms with Crippen molar-refractivity contribution in [1.82, 2.24) is 9.29 Å². The summed E-state index contributed by atoms with van der Waals surface area (Å²) in [7, 11) is -4.15. The molecule has 0 spiro atoms. The first-order chi connectivity index (χ1) is 16.3. The minimum Gasteiger partial charge on any atom is -0.307 e. The second-order valence-corrected chi connectivity index (χ2v) is 11.1. The zero-order chi connectivity index (χ0) is 25.5. The second kappa shape index (κ2) is 9.19. The van der Waals surface area contributed by atoms with Crippen LogP contribution >= 0.6 is 34.5 Å². The van der Waals surface area contributed by atoms with Crippen molar-refractivity contribution in [2.75, 3.05) is 5.32 Å². The summed E-state index contributed by atoms with van der Waals surface area (Å²) in [6, 6.07) is 9.83. The second-order valence-electron chi connectivity index (χ2n) is 7.08. The Morgan fingerprint density at radius 2 is 1.74 bits per heavy atom. The number of nitrogens with zero attached hydrogens (tertiary/aromatic N) is 1. The lowest BCUT2D eigenvalue weighted by molar-refractivity contribution is -0.137. The van der Waals surface area contributed by atoms with E-state index in [4.69, 9.17) is 23.2 Å². The summed E-state index contributed by atoms with van der Waals surface area (Å²) in [5.41, 5.74) is -1.45. The fourth-order valence-electron chi connectivity index (χ4n) is 3.16. The van der Waals surface area contributed by atoms with Gasteiger partial charge in [0.25, 0.3) is 15.6 Å². The molecule has 0 unspecified atom stereocenters. The summed E-state index contributed by atoms with van der Waals surface area (Å²) in [4.78, 5) is 25.1. The molecular weight excluding hydrogens is 550 g/mol. The van der Waals surface area contributed by atoms with E-state index >= 15 is 0 Å². The highest BCUT2D eigenvalue weighted by atomic mass is 35.5. The molecule has 2 N–H and O–H groups in total. The molecule has 0 aliphatic heterocycles. The number of carbonyl (C=O) groups is 1. The van der Waals surface area contributed by atoms with E-state index in [0.29, 0.717) is 5.39 Å². The lowest BCUT2D eigenvalue weighted by Gasteiger charge is -2.13. The first kappa shape index (κ1) is 25.0. The molecule has 2 aromatic heterocycles. The van der Waals surface area contributed by atoms with E-state index < -0.39 is 33.4 Å². The van der Waals surface area contributed by atoms with Crippen LogP contribution in [0.5, 0.6) is 0 Å². The number of pyridine rings is 1. The van der Waals surface area contributed by atoms with E-state index in [2.05, 4.69) is 5.32 Å². The van der Waals surface area contributed by atoms with Gasteiger partial charge in [-0.3, -0.25) is 9.36 Å². The fraction of sp³-hybridized carbons (Fsp3) is 0.0476. The largest absolute Gasteiger partial charge is 0.416 e. The number of fused-ring (bicyclic) bond motifs is 1. The van der Waals surface area contributed by atoms with E-state index in [1.165, 1.54) is 48.7 Å². The molecule has 182 valence electrons. The van der Waals surface area contributed by atoms with Crippen LogP contribution in [0.1, 0.15) is 5.56 Å². The molecule has 0 fully saturated rings. The normalized spacial score (nSPS) is 12.0. The van der Waals surface area contributed by atoms with E-state index in [1.54, 1.807) is 0 Å². The minimum absolute atomic E-state index is 0.0240. The van der Waals surface area contributed by atoms with Crippen LogP contribution in [0.25, 0.3) is 16.5 Å². The van der Waals surface area contributed by atoms with Gasteiger partial charge in [-0.2, -0.15) is 13.2 Å². The van der Waals surface area contributed by atoms with E-state index in [-0.39, 0.29) is 30.3 Å². The van der Waals surface area contributed by atoms with Gasteiger partial charge < -0.3 is 5.32 Å². The maximum Gasteiger partial charge on any atom is 0.416 e. The van der Waals surface area contributed by atoms with Crippen LogP contribution in [0.4, 0.5) is 23.7 Å². The summed E-state index contributed by atoms with van der Waals surface area (Å²) in [6.45, 7) is 0. The molecule has 4 rings (SSSR count). The van der Waals surface area contributed by atoms with Gasteiger partial charge in [-0.15, -0.1) is 11.3 Å². The average molecular weight is 562 g/mol. The number of hydrogen-bond donors (Lipinski definition) is 2. The van der Waals surface area contributed by atoms with E-state index in [1.807, 2.05) is 4.72 Å². The average Bonchev–Trinajstić information content (AvgIpc) is 3.21. The number of urea groups is 1. The zero-order valence-corrected chi connectivity index (χ0v) is 20.2. The van der Waals surface area contributed by atoms with Crippen LogP contribution < -0.4 is 15.6 Å². The predicted molar refractivity (Wildman–Crippen MR) is 128 cm³/mol. The maximum absolute atomic E-state index is 13.1. The number of sulfonamides is 1. The van der Waals surface area contributed by atoms with Crippen molar-refractivity contribution in [3.05, 3.63) is 86.1 Å². The number of anilines is 1. The summed E-state index contributed by atoms with van der Waals surface area (Å²) in [5, 5.41) is 2.45. The predicted octanol–water partition coefficient (Wildman–Crippen LogP) is 5.89. The van der Waals surface area contributed by atoms with Crippen molar-refractivity contribution in [2.24, 2.45) is 0 Å². The third-order valence-electron chi connectivity index (χ3n) is 4.74. The number of nitrogens with one attached hydrogen (secondary N) is 2. The number of benzene rings is 2. The molecule has 2 aromatic carbocycles. The molecule has 0 saturated carbocycles. The van der Waals surface area contributed by atoms with Crippen molar-refractivity contribution in [3.63, 3.8) is 0 Å². The summed E-state index contributed by atoms with van der Waals surface area (Å²) in [5.74, 6) is 0. The van der Waals surface area contributed by atoms with Gasteiger partial charge >= 0.3 is 12.2 Å². The number of thiophene rings is 1. The number of amides is 2. The van der Waals surface area contributed by atoms with Gasteiger partial charge in [-0.1, -0.05) is 29.3 Å². The van der Waals surface area contributed by atoms with E-state index in [0.717, 1.165) is 28.0 Å². The van der Waals surface area contributed by atoms with Gasteiger partial charge in [0.2, 0.25) is 0 Å². The molecule has 2 heterocycles. The Hall–Kier alpha value is -3.06. The lowest BCUT2D eigenvalue weighted by atomic mass is 10.1. The smallest absolute Gasteiger partial charge is 0.307 e. The van der Waals surface area contributed by atoms with Crippen molar-refractivity contribution < 1.29 is 26.4 Å². The molecule has 0 aliphatic carbocycles. The van der Waals surface area contributed by atoms with Gasteiger partial charge in [0.05, 0.1) is 20.6 Å². The number of alkyl halides is 3. The Bertz CT molecular complexity index is 1630. The molecular formula is C21H12Cl2F3N3O4S2. The SMILES string of the molecule is O=C(Nc1ccc(-n2ccc3ccc(C(F)(F)F)cc3c2=O)c(Cl)c1)NS(=O)(=O)c1ccc(Cl)s1. The fourth-order valence-corrected chi connectivity index (χ4v) is 5.82. The molecule has 0 saturated heterocycles. The van der Waals surface area contributed by atoms with Crippen molar-refractivity contribution in [2.45, 2.75) is 10.4 Å². The van der Waals surface area contributed by atoms with Gasteiger partial charge in [0.15, 0.2) is 0 Å². The first-order valence-electron chi connectivity index (χ1n) is 9.47. The van der Waals surface area contributed by atoms with Crippen molar-refractivity contribution >= 4 is 67.1 Å². The Balaban J connectivity index is 1.60. The van der Waals surface area contributed by atoms with Crippen molar-refractivity contribution in [3.8, 4) is 5.69 Å². The Labute approximate surface area is 209 Å². The Morgan fingerprint density at radius 3 is 2.37 bits per heavy atom. The molecule has 14 heteroatoms. The summed E-state index contributed by atoms with van der Waals surface area (Å²) < 4.78 is 66.6. The molecule has 0 radical (unpaired) electrons. The van der Waals surface area contributed by atoms with Gasteiger partial charge in [0.1, 0.15) is 4.21 Å². The van der Waals surface area contributed by atoms with Crippen LogP contribution in [0.2, 0.25) is 9.36 Å². The maximum atomic E-state index is 13.1. The van der Waals surface area contributed by atoms with Crippen LogP contribution in [-0.4, -0.2) is 19.0 Å². The van der Waals surface area contributed by atoms with Crippen LogP contribution in [0, 0.1) is 0 Å². The number of halogens is 5. The Morgan fingerprint density at radius 1 is 1.00 bits per heavy atom. The van der Waals surface area contributed by atoms with Crippen LogP contribution in [-0.2, 0) is 16.2 Å². The minimum atomic E-state index is -4.62. The van der Waals surface area contributed by atoms with Crippen LogP contribution in [0.3, 0.4) is 0 Å². The van der Waals surface area contributed by atoms with Gasteiger partial charge in [-0.05, 0) is 53.9 Å². The standard InChI is InChI=1S/C21H12Cl2F3N3O4S2/c22-15-10-13(27-20(31)28-35(32,33)18-6-5-17(23)34-18)3-4-16(15)29-8-7-11-1-2-12(21(24,25)26)9-14(11)19(29)30/h1-10H,(H2,27,28,31). The topological polar surface area (TPSA) is 97.3 Å². The number of rotatable bonds is 4. The lowest BCUT2D eigenvalue weighted by Crippen LogP contribution is -2.33. The third kappa shape index (κ3) is 5.30.